The molecule has 2 aromatic carbocycles. The molecule has 1 heterocycles. The molecule has 0 bridgehead atoms. The number of carbonyl (C=O) groups excluding carboxylic acids is 2. The molecule has 0 unspecified atom stereocenters. The van der Waals surface area contributed by atoms with Gasteiger partial charge in [-0.2, -0.15) is 5.10 Å². The van der Waals surface area contributed by atoms with Crippen LogP contribution in [0.4, 0.5) is 10.5 Å². The van der Waals surface area contributed by atoms with E-state index in [0.29, 0.717) is 17.8 Å². The molecule has 0 aliphatic carbocycles. The Morgan fingerprint density at radius 1 is 1.11 bits per heavy atom. The Bertz CT molecular complexity index is 1010. The minimum Gasteiger partial charge on any atom is -0.351 e. The molecule has 3 aromatic rings. The molecule has 0 atom stereocenters. The minimum absolute atomic E-state index is 0.153. The third-order valence-electron chi connectivity index (χ3n) is 4.56. The summed E-state index contributed by atoms with van der Waals surface area (Å²) in [5, 5.41) is 7.11. The summed E-state index contributed by atoms with van der Waals surface area (Å²) in [6.45, 7) is 4.37. The van der Waals surface area contributed by atoms with E-state index in [1.807, 2.05) is 48.9 Å². The number of nitrogens with one attached hydrogen (secondary N) is 1. The molecule has 3 rings (SSSR count). The Labute approximate surface area is 163 Å². The van der Waals surface area contributed by atoms with Gasteiger partial charge in [-0.1, -0.05) is 24.3 Å². The highest BCUT2D eigenvalue weighted by molar-refractivity contribution is 5.96. The second-order valence-corrected chi connectivity index (χ2v) is 6.63. The van der Waals surface area contributed by atoms with Crippen molar-refractivity contribution in [2.24, 2.45) is 5.73 Å². The average molecular weight is 377 g/mol. The molecule has 28 heavy (non-hydrogen) atoms. The third kappa shape index (κ3) is 4.03. The first-order valence-corrected chi connectivity index (χ1v) is 8.89. The van der Waals surface area contributed by atoms with E-state index in [4.69, 9.17) is 5.73 Å². The monoisotopic (exact) mass is 377 g/mol. The number of aryl methyl sites for hydroxylation is 1. The number of primary amides is 1. The van der Waals surface area contributed by atoms with Crippen molar-refractivity contribution in [2.75, 3.05) is 12.4 Å². The Kier molecular flexibility index (Phi) is 5.44. The summed E-state index contributed by atoms with van der Waals surface area (Å²) in [5.41, 5.74) is 9.95. The summed E-state index contributed by atoms with van der Waals surface area (Å²) in [7, 11) is 1.75. The molecule has 0 aliphatic heterocycles. The molecular weight excluding hydrogens is 354 g/mol. The lowest BCUT2D eigenvalue weighted by atomic mass is 10.1. The average Bonchev–Trinajstić information content (AvgIpc) is 2.96. The number of rotatable bonds is 5. The highest BCUT2D eigenvalue weighted by Crippen LogP contribution is 2.20. The van der Waals surface area contributed by atoms with Gasteiger partial charge in [0.2, 0.25) is 0 Å². The molecule has 3 amide bonds. The number of anilines is 1. The van der Waals surface area contributed by atoms with Crippen molar-refractivity contribution in [2.45, 2.75) is 20.4 Å². The number of benzene rings is 2. The van der Waals surface area contributed by atoms with Crippen molar-refractivity contribution in [1.82, 2.24) is 14.7 Å². The maximum absolute atomic E-state index is 12.8. The molecule has 3 N–H and O–H groups in total. The number of carbonyl (C=O) groups is 2. The molecule has 0 saturated heterocycles. The normalized spacial score (nSPS) is 10.5. The van der Waals surface area contributed by atoms with Crippen LogP contribution in [-0.2, 0) is 6.54 Å². The molecule has 1 aromatic heterocycles. The van der Waals surface area contributed by atoms with Crippen LogP contribution in [0.5, 0.6) is 0 Å². The van der Waals surface area contributed by atoms with Crippen molar-refractivity contribution >= 4 is 17.6 Å². The molecule has 7 heteroatoms. The van der Waals surface area contributed by atoms with Gasteiger partial charge in [0.25, 0.3) is 5.91 Å². The van der Waals surface area contributed by atoms with Crippen LogP contribution in [0.1, 0.15) is 27.3 Å². The highest BCUT2D eigenvalue weighted by Gasteiger charge is 2.18. The summed E-state index contributed by atoms with van der Waals surface area (Å²) in [6.07, 6.45) is 0. The molecule has 0 saturated carbocycles. The van der Waals surface area contributed by atoms with E-state index in [0.717, 1.165) is 22.6 Å². The number of hydrogen-bond donors (Lipinski definition) is 2. The molecule has 0 fully saturated rings. The Morgan fingerprint density at radius 3 is 2.50 bits per heavy atom. The maximum Gasteiger partial charge on any atom is 0.316 e. The lowest BCUT2D eigenvalue weighted by molar-refractivity contribution is 0.0784. The van der Waals surface area contributed by atoms with Gasteiger partial charge in [-0.3, -0.25) is 4.79 Å². The van der Waals surface area contributed by atoms with Crippen molar-refractivity contribution in [3.8, 4) is 5.69 Å². The zero-order chi connectivity index (χ0) is 20.3. The quantitative estimate of drug-likeness (QED) is 0.715. The summed E-state index contributed by atoms with van der Waals surface area (Å²) >= 11 is 0. The molecule has 144 valence electrons. The smallest absolute Gasteiger partial charge is 0.316 e. The van der Waals surface area contributed by atoms with Crippen LogP contribution in [0.15, 0.2) is 54.6 Å². The number of nitrogens with two attached hydrogens (primary N) is 1. The fourth-order valence-electron chi connectivity index (χ4n) is 3.13. The number of nitrogens with zero attached hydrogens (tertiary/aromatic N) is 3. The zero-order valence-electron chi connectivity index (χ0n) is 16.1. The van der Waals surface area contributed by atoms with Crippen LogP contribution in [0.25, 0.3) is 5.69 Å². The Hall–Kier alpha value is -3.61. The second kappa shape index (κ2) is 7.96. The molecular formula is C21H23N5O2. The first-order valence-electron chi connectivity index (χ1n) is 8.89. The summed E-state index contributed by atoms with van der Waals surface area (Å²) < 4.78 is 1.89. The van der Waals surface area contributed by atoms with Crippen LogP contribution < -0.4 is 11.1 Å². The number of hydrogen-bond acceptors (Lipinski definition) is 3. The summed E-state index contributed by atoms with van der Waals surface area (Å²) in [4.78, 5) is 25.5. The number of urea groups is 1. The predicted molar refractivity (Wildman–Crippen MR) is 108 cm³/mol. The summed E-state index contributed by atoms with van der Waals surface area (Å²) in [5.74, 6) is -0.153. The van der Waals surface area contributed by atoms with Crippen molar-refractivity contribution < 1.29 is 9.59 Å². The number of amides is 3. The zero-order valence-corrected chi connectivity index (χ0v) is 16.1. The predicted octanol–water partition coefficient (Wildman–Crippen LogP) is 3.25. The van der Waals surface area contributed by atoms with E-state index in [1.54, 1.807) is 36.2 Å². The van der Waals surface area contributed by atoms with Crippen LogP contribution in [-0.4, -0.2) is 33.7 Å². The summed E-state index contributed by atoms with van der Waals surface area (Å²) in [6, 6.07) is 15.9. The minimum atomic E-state index is -0.669. The lowest BCUT2D eigenvalue weighted by Gasteiger charge is -2.18. The standard InChI is InChI=1S/C21H23N5O2/c1-14-19(15(2)26(24-14)18-10-5-4-6-11-18)13-25(3)20(27)16-8-7-9-17(12-16)23-21(22)28/h4-12H,13H2,1-3H3,(H3,22,23,28). The van der Waals surface area contributed by atoms with E-state index >= 15 is 0 Å². The van der Waals surface area contributed by atoms with Gasteiger partial charge < -0.3 is 16.0 Å². The topological polar surface area (TPSA) is 93.2 Å². The van der Waals surface area contributed by atoms with Gasteiger partial charge in [0, 0.05) is 36.1 Å². The number of aromatic nitrogens is 2. The Balaban J connectivity index is 1.81. The van der Waals surface area contributed by atoms with E-state index in [-0.39, 0.29) is 5.91 Å². The highest BCUT2D eigenvalue weighted by atomic mass is 16.2. The van der Waals surface area contributed by atoms with Gasteiger partial charge in [0.15, 0.2) is 0 Å². The van der Waals surface area contributed by atoms with Gasteiger partial charge in [-0.05, 0) is 44.2 Å². The third-order valence-corrected chi connectivity index (χ3v) is 4.56. The van der Waals surface area contributed by atoms with Crippen LogP contribution >= 0.6 is 0 Å². The van der Waals surface area contributed by atoms with Crippen LogP contribution in [0.2, 0.25) is 0 Å². The fraction of sp³-hybridized carbons (Fsp3) is 0.190. The van der Waals surface area contributed by atoms with Crippen LogP contribution in [0.3, 0.4) is 0 Å². The molecule has 7 nitrogen and oxygen atoms in total. The van der Waals surface area contributed by atoms with Gasteiger partial charge in [0.1, 0.15) is 0 Å². The second-order valence-electron chi connectivity index (χ2n) is 6.63. The number of para-hydroxylation sites is 1. The van der Waals surface area contributed by atoms with Gasteiger partial charge in [-0.25, -0.2) is 9.48 Å². The van der Waals surface area contributed by atoms with Gasteiger partial charge in [0.05, 0.1) is 11.4 Å². The SMILES string of the molecule is Cc1nn(-c2ccccc2)c(C)c1CN(C)C(=O)c1cccc(NC(N)=O)c1. The molecule has 0 spiro atoms. The van der Waals surface area contributed by atoms with E-state index in [9.17, 15) is 9.59 Å². The fourth-order valence-corrected chi connectivity index (χ4v) is 3.13. The van der Waals surface area contributed by atoms with E-state index in [2.05, 4.69) is 10.4 Å². The maximum atomic E-state index is 12.8. The first kappa shape index (κ1) is 19.2. The molecule has 0 aliphatic rings. The van der Waals surface area contributed by atoms with E-state index in [1.165, 1.54) is 0 Å². The Morgan fingerprint density at radius 2 is 1.82 bits per heavy atom. The van der Waals surface area contributed by atoms with Gasteiger partial charge >= 0.3 is 6.03 Å². The lowest BCUT2D eigenvalue weighted by Crippen LogP contribution is -2.27. The van der Waals surface area contributed by atoms with Crippen molar-refractivity contribution in [1.29, 1.82) is 0 Å². The van der Waals surface area contributed by atoms with E-state index < -0.39 is 6.03 Å². The van der Waals surface area contributed by atoms with Crippen molar-refractivity contribution in [3.05, 3.63) is 77.1 Å². The first-order chi connectivity index (χ1) is 13.4. The van der Waals surface area contributed by atoms with Gasteiger partial charge in [-0.15, -0.1) is 0 Å². The van der Waals surface area contributed by atoms with Crippen LogP contribution in [0, 0.1) is 13.8 Å². The van der Waals surface area contributed by atoms with Crippen molar-refractivity contribution in [3.63, 3.8) is 0 Å². The molecule has 0 radical (unpaired) electrons. The largest absolute Gasteiger partial charge is 0.351 e.